The zero-order valence-corrected chi connectivity index (χ0v) is 14.0. The minimum atomic E-state index is 0.749. The van der Waals surface area contributed by atoms with Gasteiger partial charge in [0.25, 0.3) is 0 Å². The molecule has 21 heavy (non-hydrogen) atoms. The number of nitrogens with zero attached hydrogens (tertiary/aromatic N) is 1. The minimum absolute atomic E-state index is 0.749. The number of aryl methyl sites for hydroxylation is 1. The summed E-state index contributed by atoms with van der Waals surface area (Å²) in [7, 11) is 3.29. The molecule has 112 valence electrons. The molecule has 0 spiro atoms. The second kappa shape index (κ2) is 7.31. The Hall–Kier alpha value is -1.75. The van der Waals surface area contributed by atoms with E-state index in [1.807, 2.05) is 37.4 Å². The number of ether oxygens (including phenoxy) is 2. The topological polar surface area (TPSA) is 43.4 Å². The molecule has 0 amide bonds. The van der Waals surface area contributed by atoms with Crippen LogP contribution in [0.4, 0.5) is 5.82 Å². The van der Waals surface area contributed by atoms with Crippen LogP contribution in [0.1, 0.15) is 11.1 Å². The average Bonchev–Trinajstić information content (AvgIpc) is 2.50. The zero-order valence-electron chi connectivity index (χ0n) is 12.4. The summed E-state index contributed by atoms with van der Waals surface area (Å²) in [6.07, 6.45) is 2.70. The number of anilines is 1. The van der Waals surface area contributed by atoms with Gasteiger partial charge < -0.3 is 14.8 Å². The van der Waals surface area contributed by atoms with Crippen LogP contribution in [-0.4, -0.2) is 25.7 Å². The van der Waals surface area contributed by atoms with E-state index in [0.29, 0.717) is 0 Å². The van der Waals surface area contributed by atoms with Crippen molar-refractivity contribution < 1.29 is 9.47 Å². The number of halogens is 1. The van der Waals surface area contributed by atoms with E-state index >= 15 is 0 Å². The van der Waals surface area contributed by atoms with E-state index in [1.165, 1.54) is 11.1 Å². The molecule has 0 atom stereocenters. The summed E-state index contributed by atoms with van der Waals surface area (Å²) >= 11 is 3.45. The average molecular weight is 351 g/mol. The van der Waals surface area contributed by atoms with Gasteiger partial charge in [-0.1, -0.05) is 6.07 Å². The highest BCUT2D eigenvalue weighted by Gasteiger charge is 2.04. The van der Waals surface area contributed by atoms with Crippen LogP contribution >= 0.6 is 15.9 Å². The van der Waals surface area contributed by atoms with E-state index in [0.717, 1.165) is 34.8 Å². The second-order valence-corrected chi connectivity index (χ2v) is 5.54. The smallest absolute Gasteiger partial charge is 0.160 e. The predicted molar refractivity (Wildman–Crippen MR) is 88.4 cm³/mol. The first-order chi connectivity index (χ1) is 10.1. The predicted octanol–water partition coefficient (Wildman–Crippen LogP) is 3.82. The summed E-state index contributed by atoms with van der Waals surface area (Å²) in [5.74, 6) is 2.39. The van der Waals surface area contributed by atoms with E-state index in [9.17, 15) is 0 Å². The molecule has 2 aromatic rings. The maximum absolute atomic E-state index is 5.31. The number of pyridine rings is 1. The van der Waals surface area contributed by atoms with Crippen molar-refractivity contribution in [3.63, 3.8) is 0 Å². The van der Waals surface area contributed by atoms with Crippen molar-refractivity contribution >= 4 is 21.7 Å². The van der Waals surface area contributed by atoms with Crippen LogP contribution in [-0.2, 0) is 6.42 Å². The second-order valence-electron chi connectivity index (χ2n) is 4.68. The fourth-order valence-electron chi connectivity index (χ4n) is 2.01. The standard InChI is InChI=1S/C16H19BrN2O2/c1-11-8-16(19-10-13(11)17)18-7-6-12-4-5-14(20-2)15(9-12)21-3/h4-5,8-10H,6-7H2,1-3H3,(H,18,19). The number of aromatic nitrogens is 1. The molecule has 1 N–H and O–H groups in total. The van der Waals surface area contributed by atoms with Crippen molar-refractivity contribution in [2.45, 2.75) is 13.3 Å². The molecule has 0 saturated heterocycles. The summed E-state index contributed by atoms with van der Waals surface area (Å²) in [6, 6.07) is 8.00. The lowest BCUT2D eigenvalue weighted by molar-refractivity contribution is 0.354. The van der Waals surface area contributed by atoms with E-state index < -0.39 is 0 Å². The molecule has 0 aliphatic rings. The number of hydrogen-bond acceptors (Lipinski definition) is 4. The van der Waals surface area contributed by atoms with E-state index in [1.54, 1.807) is 14.2 Å². The summed E-state index contributed by atoms with van der Waals surface area (Å²) < 4.78 is 11.6. The molecule has 4 nitrogen and oxygen atoms in total. The van der Waals surface area contributed by atoms with Gasteiger partial charge in [0.2, 0.25) is 0 Å². The lowest BCUT2D eigenvalue weighted by Gasteiger charge is -2.10. The van der Waals surface area contributed by atoms with Gasteiger partial charge in [0.05, 0.1) is 14.2 Å². The molecule has 1 heterocycles. The Morgan fingerprint density at radius 1 is 1.14 bits per heavy atom. The third kappa shape index (κ3) is 4.11. The Bertz CT molecular complexity index is 617. The summed E-state index contributed by atoms with van der Waals surface area (Å²) in [4.78, 5) is 4.33. The maximum Gasteiger partial charge on any atom is 0.160 e. The van der Waals surface area contributed by atoms with Crippen LogP contribution in [0.3, 0.4) is 0 Å². The first kappa shape index (κ1) is 15.6. The van der Waals surface area contributed by atoms with Gasteiger partial charge in [-0.25, -0.2) is 4.98 Å². The van der Waals surface area contributed by atoms with E-state index in [4.69, 9.17) is 9.47 Å². The van der Waals surface area contributed by atoms with Crippen molar-refractivity contribution in [2.24, 2.45) is 0 Å². The highest BCUT2D eigenvalue weighted by molar-refractivity contribution is 9.10. The zero-order chi connectivity index (χ0) is 15.2. The molecular formula is C16H19BrN2O2. The van der Waals surface area contributed by atoms with Gasteiger partial charge in [-0.05, 0) is 58.6 Å². The fourth-order valence-corrected chi connectivity index (χ4v) is 2.22. The molecule has 0 aliphatic carbocycles. The van der Waals surface area contributed by atoms with Crippen LogP contribution in [0.25, 0.3) is 0 Å². The molecule has 1 aromatic carbocycles. The molecule has 0 bridgehead atoms. The third-order valence-corrected chi connectivity index (χ3v) is 4.04. The fraction of sp³-hybridized carbons (Fsp3) is 0.312. The van der Waals surface area contributed by atoms with Gasteiger partial charge in [-0.15, -0.1) is 0 Å². The Morgan fingerprint density at radius 2 is 1.90 bits per heavy atom. The number of rotatable bonds is 6. The van der Waals surface area contributed by atoms with Gasteiger partial charge >= 0.3 is 0 Å². The van der Waals surface area contributed by atoms with Gasteiger partial charge in [0.15, 0.2) is 11.5 Å². The Kier molecular flexibility index (Phi) is 5.44. The highest BCUT2D eigenvalue weighted by Crippen LogP contribution is 2.27. The lowest BCUT2D eigenvalue weighted by Crippen LogP contribution is -2.06. The molecule has 0 aliphatic heterocycles. The molecule has 0 radical (unpaired) electrons. The van der Waals surface area contributed by atoms with Crippen LogP contribution in [0.15, 0.2) is 34.9 Å². The van der Waals surface area contributed by atoms with Crippen molar-refractivity contribution in [1.82, 2.24) is 4.98 Å². The number of benzene rings is 1. The van der Waals surface area contributed by atoms with Gasteiger partial charge in [-0.2, -0.15) is 0 Å². The summed E-state index contributed by atoms with van der Waals surface area (Å²) in [6.45, 7) is 2.86. The molecule has 0 unspecified atom stereocenters. The van der Waals surface area contributed by atoms with Gasteiger partial charge in [0, 0.05) is 17.2 Å². The number of nitrogens with one attached hydrogen (secondary N) is 1. The van der Waals surface area contributed by atoms with Gasteiger partial charge in [-0.3, -0.25) is 0 Å². The molecule has 5 heteroatoms. The SMILES string of the molecule is COc1ccc(CCNc2cc(C)c(Br)cn2)cc1OC. The van der Waals surface area contributed by atoms with Gasteiger partial charge in [0.1, 0.15) is 5.82 Å². The minimum Gasteiger partial charge on any atom is -0.493 e. The van der Waals surface area contributed by atoms with Crippen LogP contribution in [0.5, 0.6) is 11.5 Å². The Balaban J connectivity index is 1.95. The molecule has 0 fully saturated rings. The molecule has 2 rings (SSSR count). The van der Waals surface area contributed by atoms with Crippen LogP contribution in [0.2, 0.25) is 0 Å². The molecular weight excluding hydrogens is 332 g/mol. The van der Waals surface area contributed by atoms with Crippen LogP contribution in [0, 0.1) is 6.92 Å². The van der Waals surface area contributed by atoms with Crippen molar-refractivity contribution in [1.29, 1.82) is 0 Å². The Morgan fingerprint density at radius 3 is 2.57 bits per heavy atom. The van der Waals surface area contributed by atoms with E-state index in [2.05, 4.69) is 26.2 Å². The normalized spacial score (nSPS) is 10.3. The molecule has 0 saturated carbocycles. The van der Waals surface area contributed by atoms with Crippen molar-refractivity contribution in [3.8, 4) is 11.5 Å². The first-order valence-electron chi connectivity index (χ1n) is 6.71. The maximum atomic E-state index is 5.31. The van der Waals surface area contributed by atoms with Crippen molar-refractivity contribution in [2.75, 3.05) is 26.1 Å². The van der Waals surface area contributed by atoms with Crippen molar-refractivity contribution in [3.05, 3.63) is 46.1 Å². The quantitative estimate of drug-likeness (QED) is 0.859. The third-order valence-electron chi connectivity index (χ3n) is 3.21. The lowest BCUT2D eigenvalue weighted by atomic mass is 10.1. The van der Waals surface area contributed by atoms with E-state index in [-0.39, 0.29) is 0 Å². The first-order valence-corrected chi connectivity index (χ1v) is 7.50. The molecule has 1 aromatic heterocycles. The van der Waals surface area contributed by atoms with Crippen LogP contribution < -0.4 is 14.8 Å². The number of methoxy groups -OCH3 is 2. The Labute approximate surface area is 133 Å². The monoisotopic (exact) mass is 350 g/mol. The highest BCUT2D eigenvalue weighted by atomic mass is 79.9. The largest absolute Gasteiger partial charge is 0.493 e. The number of hydrogen-bond donors (Lipinski definition) is 1. The summed E-state index contributed by atoms with van der Waals surface area (Å²) in [5.41, 5.74) is 2.35. The summed E-state index contributed by atoms with van der Waals surface area (Å²) in [5, 5.41) is 3.32.